The second-order valence-corrected chi connectivity index (χ2v) is 5.16. The van der Waals surface area contributed by atoms with E-state index in [0.29, 0.717) is 5.92 Å². The van der Waals surface area contributed by atoms with Gasteiger partial charge in [-0.1, -0.05) is 20.8 Å². The minimum absolute atomic E-state index is 0.143. The van der Waals surface area contributed by atoms with Crippen molar-refractivity contribution in [1.82, 2.24) is 0 Å². The fourth-order valence-corrected chi connectivity index (χ4v) is 0.999. The molecule has 0 aliphatic carbocycles. The molecule has 0 amide bonds. The van der Waals surface area contributed by atoms with E-state index < -0.39 is 11.6 Å². The highest BCUT2D eigenvalue weighted by Crippen LogP contribution is 2.16. The van der Waals surface area contributed by atoms with Gasteiger partial charge >= 0.3 is 5.97 Å². The summed E-state index contributed by atoms with van der Waals surface area (Å²) in [5, 5.41) is 0. The molecule has 0 bridgehead atoms. The van der Waals surface area contributed by atoms with Crippen LogP contribution in [0, 0.1) is 11.8 Å². The summed E-state index contributed by atoms with van der Waals surface area (Å²) in [6, 6.07) is -0.519. The molecule has 2 atom stereocenters. The van der Waals surface area contributed by atoms with Crippen LogP contribution in [0.3, 0.4) is 0 Å². The molecule has 0 spiro atoms. The van der Waals surface area contributed by atoms with E-state index in [4.69, 9.17) is 10.5 Å². The van der Waals surface area contributed by atoms with Gasteiger partial charge in [-0.15, -0.1) is 0 Å². The molecule has 0 aromatic carbocycles. The third-order valence-corrected chi connectivity index (χ3v) is 2.30. The Morgan fingerprint density at radius 3 is 1.93 bits per heavy atom. The summed E-state index contributed by atoms with van der Waals surface area (Å²) >= 11 is 0. The fraction of sp³-hybridized carbons (Fsp3) is 0.909. The van der Waals surface area contributed by atoms with Crippen molar-refractivity contribution >= 4 is 5.97 Å². The first kappa shape index (κ1) is 13.4. The van der Waals surface area contributed by atoms with Gasteiger partial charge in [-0.05, 0) is 32.6 Å². The fourth-order valence-electron chi connectivity index (χ4n) is 0.999. The number of hydrogen-bond donors (Lipinski definition) is 1. The monoisotopic (exact) mass is 201 g/mol. The van der Waals surface area contributed by atoms with Crippen LogP contribution in [-0.4, -0.2) is 17.6 Å². The molecular weight excluding hydrogens is 178 g/mol. The molecule has 0 aliphatic rings. The zero-order valence-corrected chi connectivity index (χ0v) is 10.1. The van der Waals surface area contributed by atoms with Crippen LogP contribution in [-0.2, 0) is 9.53 Å². The Morgan fingerprint density at radius 2 is 1.64 bits per heavy atom. The molecule has 0 saturated carbocycles. The van der Waals surface area contributed by atoms with Crippen molar-refractivity contribution in [2.75, 3.05) is 0 Å². The van der Waals surface area contributed by atoms with Crippen molar-refractivity contribution in [3.05, 3.63) is 0 Å². The van der Waals surface area contributed by atoms with E-state index in [2.05, 4.69) is 13.8 Å². The molecular formula is C11H23NO2. The third-order valence-electron chi connectivity index (χ3n) is 2.30. The molecule has 84 valence electrons. The Morgan fingerprint density at radius 1 is 1.21 bits per heavy atom. The maximum atomic E-state index is 11.6. The van der Waals surface area contributed by atoms with Crippen LogP contribution >= 0.6 is 0 Å². The summed E-state index contributed by atoms with van der Waals surface area (Å²) in [6.07, 6.45) is 0. The van der Waals surface area contributed by atoms with E-state index in [1.165, 1.54) is 0 Å². The van der Waals surface area contributed by atoms with E-state index in [9.17, 15) is 4.79 Å². The highest BCUT2D eigenvalue weighted by molar-refractivity contribution is 5.76. The van der Waals surface area contributed by atoms with Crippen molar-refractivity contribution in [2.24, 2.45) is 17.6 Å². The van der Waals surface area contributed by atoms with E-state index >= 15 is 0 Å². The van der Waals surface area contributed by atoms with Gasteiger partial charge in [0.05, 0.1) is 0 Å². The zero-order chi connectivity index (χ0) is 11.5. The van der Waals surface area contributed by atoms with Crippen molar-refractivity contribution in [3.63, 3.8) is 0 Å². The van der Waals surface area contributed by atoms with Gasteiger partial charge in [-0.3, -0.25) is 4.79 Å². The Balaban J connectivity index is 4.26. The van der Waals surface area contributed by atoms with Crippen molar-refractivity contribution in [2.45, 2.75) is 53.2 Å². The molecule has 3 heteroatoms. The first-order chi connectivity index (χ1) is 6.15. The lowest BCUT2D eigenvalue weighted by atomic mass is 9.91. The number of ether oxygens (including phenoxy) is 1. The maximum Gasteiger partial charge on any atom is 0.323 e. The molecule has 0 aliphatic heterocycles. The normalized spacial score (nSPS) is 16.6. The number of esters is 1. The second-order valence-electron chi connectivity index (χ2n) is 5.16. The van der Waals surface area contributed by atoms with Crippen LogP contribution < -0.4 is 5.73 Å². The van der Waals surface area contributed by atoms with Crippen LogP contribution in [0.25, 0.3) is 0 Å². The molecule has 3 nitrogen and oxygen atoms in total. The van der Waals surface area contributed by atoms with Gasteiger partial charge < -0.3 is 10.5 Å². The Kier molecular flexibility index (Phi) is 4.59. The Labute approximate surface area is 87.0 Å². The van der Waals surface area contributed by atoms with Crippen molar-refractivity contribution < 1.29 is 9.53 Å². The average Bonchev–Trinajstić information content (AvgIpc) is 1.98. The number of rotatable bonds is 3. The molecule has 2 unspecified atom stereocenters. The van der Waals surface area contributed by atoms with Gasteiger partial charge in [0.15, 0.2) is 0 Å². The molecule has 0 aromatic heterocycles. The Hall–Kier alpha value is -0.570. The van der Waals surface area contributed by atoms with Crippen LogP contribution in [0.1, 0.15) is 41.5 Å². The molecule has 0 fully saturated rings. The van der Waals surface area contributed by atoms with Gasteiger partial charge in [0.1, 0.15) is 11.6 Å². The highest BCUT2D eigenvalue weighted by atomic mass is 16.6. The lowest BCUT2D eigenvalue weighted by molar-refractivity contribution is -0.158. The highest BCUT2D eigenvalue weighted by Gasteiger charge is 2.27. The summed E-state index contributed by atoms with van der Waals surface area (Å²) in [4.78, 5) is 11.6. The average molecular weight is 201 g/mol. The zero-order valence-electron chi connectivity index (χ0n) is 10.1. The van der Waals surface area contributed by atoms with Crippen LogP contribution in [0.2, 0.25) is 0 Å². The van der Waals surface area contributed by atoms with Crippen molar-refractivity contribution in [1.29, 1.82) is 0 Å². The van der Waals surface area contributed by atoms with Crippen molar-refractivity contribution in [3.8, 4) is 0 Å². The molecule has 0 radical (unpaired) electrons. The topological polar surface area (TPSA) is 52.3 Å². The van der Waals surface area contributed by atoms with Crippen LogP contribution in [0.5, 0.6) is 0 Å². The van der Waals surface area contributed by atoms with Gasteiger partial charge in [-0.2, -0.15) is 0 Å². The lowest BCUT2D eigenvalue weighted by Crippen LogP contribution is -2.43. The molecule has 14 heavy (non-hydrogen) atoms. The quantitative estimate of drug-likeness (QED) is 0.710. The summed E-state index contributed by atoms with van der Waals surface area (Å²) in [5.74, 6) is 0.223. The summed E-state index contributed by atoms with van der Waals surface area (Å²) in [5.41, 5.74) is 5.34. The van der Waals surface area contributed by atoms with Gasteiger partial charge in [0.2, 0.25) is 0 Å². The molecule has 0 aromatic rings. The molecule has 0 rings (SSSR count). The van der Waals surface area contributed by atoms with Crippen LogP contribution in [0.15, 0.2) is 0 Å². The third kappa shape index (κ3) is 4.61. The van der Waals surface area contributed by atoms with Gasteiger partial charge in [0, 0.05) is 0 Å². The number of nitrogens with two attached hydrogens (primary N) is 1. The minimum Gasteiger partial charge on any atom is -0.459 e. The molecule has 0 heterocycles. The summed E-state index contributed by atoms with van der Waals surface area (Å²) < 4.78 is 5.21. The second kappa shape index (κ2) is 4.78. The Bertz CT molecular complexity index is 194. The first-order valence-electron chi connectivity index (χ1n) is 5.13. The van der Waals surface area contributed by atoms with Gasteiger partial charge in [0.25, 0.3) is 0 Å². The SMILES string of the molecule is CC(C)C(C)C(N)C(=O)OC(C)(C)C. The largest absolute Gasteiger partial charge is 0.459 e. The smallest absolute Gasteiger partial charge is 0.323 e. The van der Waals surface area contributed by atoms with E-state index in [1.54, 1.807) is 0 Å². The summed E-state index contributed by atoms with van der Waals surface area (Å²) in [6.45, 7) is 11.6. The number of carbonyl (C=O) groups excluding carboxylic acids is 1. The van der Waals surface area contributed by atoms with E-state index in [0.717, 1.165) is 0 Å². The maximum absolute atomic E-state index is 11.6. The molecule has 0 saturated heterocycles. The van der Waals surface area contributed by atoms with E-state index in [-0.39, 0.29) is 11.9 Å². The predicted octanol–water partition coefficient (Wildman–Crippen LogP) is 1.95. The minimum atomic E-state index is -0.519. The van der Waals surface area contributed by atoms with Crippen LogP contribution in [0.4, 0.5) is 0 Å². The van der Waals surface area contributed by atoms with Gasteiger partial charge in [-0.25, -0.2) is 0 Å². The summed E-state index contributed by atoms with van der Waals surface area (Å²) in [7, 11) is 0. The predicted molar refractivity (Wildman–Crippen MR) is 57.8 cm³/mol. The lowest BCUT2D eigenvalue weighted by Gasteiger charge is -2.26. The molecule has 2 N–H and O–H groups in total. The van der Waals surface area contributed by atoms with E-state index in [1.807, 2.05) is 27.7 Å². The standard InChI is InChI=1S/C11H23NO2/c1-7(2)8(3)9(12)10(13)14-11(4,5)6/h7-9H,12H2,1-6H3. The number of carbonyl (C=O) groups is 1. The first-order valence-corrected chi connectivity index (χ1v) is 5.13. The number of hydrogen-bond acceptors (Lipinski definition) is 3.